The van der Waals surface area contributed by atoms with E-state index in [1.54, 1.807) is 12.1 Å². The van der Waals surface area contributed by atoms with Gasteiger partial charge in [-0.1, -0.05) is 18.2 Å². The third-order valence-corrected chi connectivity index (χ3v) is 3.56. The van der Waals surface area contributed by atoms with Crippen LogP contribution in [0, 0.1) is 5.82 Å². The standard InChI is InChI=1S/C16H12FN2/c17-14-5-2-6-15(9-14)19-10-13-4-1-3-12-7-8-18(11-19)16(12)13/h1-10H,11H2/q+1. The minimum absolute atomic E-state index is 0.206. The molecule has 0 N–H and O–H groups in total. The molecule has 0 radical (unpaired) electrons. The highest BCUT2D eigenvalue weighted by Crippen LogP contribution is 2.24. The third-order valence-electron chi connectivity index (χ3n) is 3.56. The van der Waals surface area contributed by atoms with Gasteiger partial charge in [0.15, 0.2) is 6.21 Å². The lowest BCUT2D eigenvalue weighted by atomic mass is 10.1. The van der Waals surface area contributed by atoms with Crippen LogP contribution in [-0.2, 0) is 6.67 Å². The molecule has 19 heavy (non-hydrogen) atoms. The van der Waals surface area contributed by atoms with E-state index in [1.165, 1.54) is 17.0 Å². The van der Waals surface area contributed by atoms with Crippen molar-refractivity contribution in [2.75, 3.05) is 0 Å². The van der Waals surface area contributed by atoms with Gasteiger partial charge in [0.1, 0.15) is 5.82 Å². The molecule has 0 saturated heterocycles. The molecule has 0 saturated carbocycles. The number of rotatable bonds is 1. The largest absolute Gasteiger partial charge is 0.291 e. The van der Waals surface area contributed by atoms with Crippen molar-refractivity contribution in [3.8, 4) is 0 Å². The zero-order valence-corrected chi connectivity index (χ0v) is 10.3. The molecule has 0 amide bonds. The van der Waals surface area contributed by atoms with Gasteiger partial charge in [-0.3, -0.25) is 4.57 Å². The number of aromatic nitrogens is 1. The quantitative estimate of drug-likeness (QED) is 0.585. The second-order valence-corrected chi connectivity index (χ2v) is 4.79. The zero-order chi connectivity index (χ0) is 12.8. The summed E-state index contributed by atoms with van der Waals surface area (Å²) in [6.45, 7) is 0.712. The van der Waals surface area contributed by atoms with Gasteiger partial charge >= 0.3 is 0 Å². The van der Waals surface area contributed by atoms with E-state index in [2.05, 4.69) is 39.8 Å². The fourth-order valence-electron chi connectivity index (χ4n) is 2.70. The van der Waals surface area contributed by atoms with Crippen LogP contribution < -0.4 is 0 Å². The van der Waals surface area contributed by atoms with Crippen LogP contribution in [0.15, 0.2) is 54.7 Å². The van der Waals surface area contributed by atoms with Crippen LogP contribution in [-0.4, -0.2) is 15.4 Å². The van der Waals surface area contributed by atoms with E-state index >= 15 is 0 Å². The van der Waals surface area contributed by atoms with Gasteiger partial charge in [0.05, 0.1) is 11.1 Å². The summed E-state index contributed by atoms with van der Waals surface area (Å²) < 4.78 is 17.6. The molecule has 0 atom stereocenters. The molecule has 0 aliphatic carbocycles. The van der Waals surface area contributed by atoms with E-state index in [0.717, 1.165) is 11.3 Å². The first-order chi connectivity index (χ1) is 9.31. The maximum Gasteiger partial charge on any atom is 0.228 e. The van der Waals surface area contributed by atoms with Crippen LogP contribution in [0.1, 0.15) is 5.56 Å². The van der Waals surface area contributed by atoms with Gasteiger partial charge < -0.3 is 0 Å². The molecule has 4 rings (SSSR count). The highest BCUT2D eigenvalue weighted by Gasteiger charge is 2.19. The summed E-state index contributed by atoms with van der Waals surface area (Å²) in [4.78, 5) is 0. The highest BCUT2D eigenvalue weighted by molar-refractivity contribution is 5.97. The topological polar surface area (TPSA) is 7.94 Å². The first-order valence-corrected chi connectivity index (χ1v) is 6.26. The smallest absolute Gasteiger partial charge is 0.228 e. The lowest BCUT2D eigenvalue weighted by Gasteiger charge is -2.12. The SMILES string of the molecule is Fc1cccc([N+]2=Cc3cccc4ccn(c34)C2)c1. The summed E-state index contributed by atoms with van der Waals surface area (Å²) in [5, 5.41) is 1.24. The van der Waals surface area contributed by atoms with Crippen LogP contribution >= 0.6 is 0 Å². The van der Waals surface area contributed by atoms with Crippen molar-refractivity contribution < 1.29 is 8.97 Å². The second-order valence-electron chi connectivity index (χ2n) is 4.79. The minimum Gasteiger partial charge on any atom is -0.291 e. The first-order valence-electron chi connectivity index (χ1n) is 6.26. The van der Waals surface area contributed by atoms with Gasteiger partial charge in [-0.25, -0.2) is 4.39 Å². The fraction of sp³-hybridized carbons (Fsp3) is 0.0625. The Balaban J connectivity index is 1.92. The zero-order valence-electron chi connectivity index (χ0n) is 10.3. The molecule has 1 aromatic heterocycles. The van der Waals surface area contributed by atoms with E-state index in [4.69, 9.17) is 0 Å². The molecule has 1 aliphatic heterocycles. The van der Waals surface area contributed by atoms with Crippen LogP contribution in [0.4, 0.5) is 10.1 Å². The maximum atomic E-state index is 13.3. The number of hydrogen-bond acceptors (Lipinski definition) is 0. The van der Waals surface area contributed by atoms with Crippen molar-refractivity contribution in [2.45, 2.75) is 6.67 Å². The molecule has 0 unspecified atom stereocenters. The Labute approximate surface area is 110 Å². The summed E-state index contributed by atoms with van der Waals surface area (Å²) in [6, 6.07) is 15.1. The lowest BCUT2D eigenvalue weighted by Crippen LogP contribution is -2.18. The van der Waals surface area contributed by atoms with Crippen molar-refractivity contribution in [1.29, 1.82) is 0 Å². The normalized spacial score (nSPS) is 13.6. The second kappa shape index (κ2) is 3.79. The molecule has 2 nitrogen and oxygen atoms in total. The Kier molecular flexibility index (Phi) is 2.09. The number of nitrogens with zero attached hydrogens (tertiary/aromatic N) is 2. The molecule has 92 valence electrons. The number of para-hydroxylation sites is 1. The Morgan fingerprint density at radius 1 is 1.05 bits per heavy atom. The fourth-order valence-corrected chi connectivity index (χ4v) is 2.70. The molecule has 3 heteroatoms. The summed E-state index contributed by atoms with van der Waals surface area (Å²) in [7, 11) is 0. The van der Waals surface area contributed by atoms with Gasteiger partial charge in [-0.2, -0.15) is 4.58 Å². The highest BCUT2D eigenvalue weighted by atomic mass is 19.1. The van der Waals surface area contributed by atoms with E-state index in [1.807, 2.05) is 12.1 Å². The van der Waals surface area contributed by atoms with E-state index in [0.29, 0.717) is 6.67 Å². The van der Waals surface area contributed by atoms with E-state index < -0.39 is 0 Å². The Bertz CT molecular complexity index is 814. The number of halogens is 1. The third kappa shape index (κ3) is 1.58. The van der Waals surface area contributed by atoms with Crippen LogP contribution in [0.5, 0.6) is 0 Å². The lowest BCUT2D eigenvalue weighted by molar-refractivity contribution is -0.471. The molecular weight excluding hydrogens is 239 g/mol. The Hall–Kier alpha value is -2.42. The molecule has 2 heterocycles. The maximum absolute atomic E-state index is 13.3. The molecule has 0 fully saturated rings. The van der Waals surface area contributed by atoms with Crippen LogP contribution in [0.25, 0.3) is 10.9 Å². The molecule has 0 spiro atoms. The summed E-state index contributed by atoms with van der Waals surface area (Å²) >= 11 is 0. The van der Waals surface area contributed by atoms with Gasteiger partial charge in [-0.15, -0.1) is 0 Å². The number of hydrogen-bond donors (Lipinski definition) is 0. The van der Waals surface area contributed by atoms with Crippen molar-refractivity contribution in [3.63, 3.8) is 0 Å². The number of benzene rings is 2. The average Bonchev–Trinajstić information content (AvgIpc) is 2.84. The molecule has 1 aliphatic rings. The minimum atomic E-state index is -0.206. The van der Waals surface area contributed by atoms with Crippen LogP contribution in [0.3, 0.4) is 0 Å². The average molecular weight is 251 g/mol. The van der Waals surface area contributed by atoms with Gasteiger partial charge in [0.25, 0.3) is 0 Å². The first kappa shape index (κ1) is 10.5. The van der Waals surface area contributed by atoms with E-state index in [-0.39, 0.29) is 5.82 Å². The van der Waals surface area contributed by atoms with Crippen molar-refractivity contribution in [2.24, 2.45) is 0 Å². The summed E-state index contributed by atoms with van der Waals surface area (Å²) in [5.41, 5.74) is 3.28. The molecule has 2 aromatic carbocycles. The monoisotopic (exact) mass is 251 g/mol. The van der Waals surface area contributed by atoms with Crippen molar-refractivity contribution >= 4 is 22.8 Å². The Morgan fingerprint density at radius 2 is 1.95 bits per heavy atom. The van der Waals surface area contributed by atoms with Crippen molar-refractivity contribution in [3.05, 3.63) is 66.1 Å². The summed E-state index contributed by atoms with van der Waals surface area (Å²) in [5.74, 6) is -0.206. The van der Waals surface area contributed by atoms with Gasteiger partial charge in [0, 0.05) is 23.7 Å². The van der Waals surface area contributed by atoms with E-state index in [9.17, 15) is 4.39 Å². The van der Waals surface area contributed by atoms with Crippen LogP contribution in [0.2, 0.25) is 0 Å². The Morgan fingerprint density at radius 3 is 2.84 bits per heavy atom. The van der Waals surface area contributed by atoms with Gasteiger partial charge in [-0.05, 0) is 18.2 Å². The predicted molar refractivity (Wildman–Crippen MR) is 73.4 cm³/mol. The van der Waals surface area contributed by atoms with Crippen molar-refractivity contribution in [1.82, 2.24) is 4.57 Å². The van der Waals surface area contributed by atoms with Gasteiger partial charge in [0.2, 0.25) is 12.4 Å². The predicted octanol–water partition coefficient (Wildman–Crippen LogP) is 3.51. The summed E-state index contributed by atoms with van der Waals surface area (Å²) in [6.07, 6.45) is 4.16. The molecule has 3 aromatic rings. The molecular formula is C16H12FN2+. The molecule has 0 bridgehead atoms.